The van der Waals surface area contributed by atoms with Crippen molar-refractivity contribution < 1.29 is 0 Å². The molecule has 0 radical (unpaired) electrons. The third kappa shape index (κ3) is 2.39. The maximum Gasteiger partial charge on any atom is 0.146 e. The van der Waals surface area contributed by atoms with Crippen molar-refractivity contribution in [1.82, 2.24) is 19.9 Å². The molecule has 28 heavy (non-hydrogen) atoms. The number of pyridine rings is 2. The smallest absolute Gasteiger partial charge is 0.146 e. The first-order chi connectivity index (χ1) is 13.8. The van der Waals surface area contributed by atoms with E-state index in [0.717, 1.165) is 27.8 Å². The van der Waals surface area contributed by atoms with Crippen LogP contribution in [0.3, 0.4) is 0 Å². The van der Waals surface area contributed by atoms with Crippen LogP contribution in [0.25, 0.3) is 11.1 Å². The predicted octanol–water partition coefficient (Wildman–Crippen LogP) is 2.94. The summed E-state index contributed by atoms with van der Waals surface area (Å²) >= 11 is 0. The third-order valence-electron chi connectivity index (χ3n) is 5.00. The standard InChI is InChI=1S/C22H16N6/c23-21-20-19(5-2-8-27-20)22(28-21,17-6-9-24-10-7-17)18-4-1-3-15(11-18)16-12-25-14-26-13-16/h1-14H,(H2,23,28). The first-order valence-corrected chi connectivity index (χ1v) is 8.86. The molecule has 6 heteroatoms. The molecule has 5 rings (SSSR count). The third-order valence-corrected chi connectivity index (χ3v) is 5.00. The zero-order valence-electron chi connectivity index (χ0n) is 14.9. The van der Waals surface area contributed by atoms with Crippen LogP contribution in [0.5, 0.6) is 0 Å². The van der Waals surface area contributed by atoms with E-state index in [9.17, 15) is 0 Å². The van der Waals surface area contributed by atoms with Crippen LogP contribution >= 0.6 is 0 Å². The van der Waals surface area contributed by atoms with Crippen molar-refractivity contribution in [1.29, 1.82) is 0 Å². The number of nitrogens with zero attached hydrogens (tertiary/aromatic N) is 5. The zero-order valence-corrected chi connectivity index (χ0v) is 14.9. The summed E-state index contributed by atoms with van der Waals surface area (Å²) in [7, 11) is 0. The highest BCUT2D eigenvalue weighted by Gasteiger charge is 2.43. The number of nitrogens with two attached hydrogens (primary N) is 1. The molecule has 134 valence electrons. The first kappa shape index (κ1) is 16.3. The molecule has 0 amide bonds. The normalized spacial score (nSPS) is 17.8. The van der Waals surface area contributed by atoms with E-state index in [2.05, 4.69) is 32.1 Å². The summed E-state index contributed by atoms with van der Waals surface area (Å²) in [6.07, 6.45) is 10.4. The Hall–Kier alpha value is -3.93. The van der Waals surface area contributed by atoms with Crippen LogP contribution in [0.15, 0.2) is 90.8 Å². The molecule has 1 atom stereocenters. The van der Waals surface area contributed by atoms with Crippen molar-refractivity contribution >= 4 is 5.84 Å². The van der Waals surface area contributed by atoms with Gasteiger partial charge in [-0.2, -0.15) is 0 Å². The second-order valence-electron chi connectivity index (χ2n) is 6.55. The van der Waals surface area contributed by atoms with E-state index < -0.39 is 5.54 Å². The molecular formula is C22H16N6. The lowest BCUT2D eigenvalue weighted by molar-refractivity contribution is 0.668. The van der Waals surface area contributed by atoms with E-state index in [-0.39, 0.29) is 0 Å². The number of fused-ring (bicyclic) bond motifs is 1. The lowest BCUT2D eigenvalue weighted by Gasteiger charge is -2.29. The fourth-order valence-corrected chi connectivity index (χ4v) is 3.77. The average molecular weight is 364 g/mol. The molecule has 2 N–H and O–H groups in total. The molecule has 0 spiro atoms. The van der Waals surface area contributed by atoms with Crippen LogP contribution in [-0.4, -0.2) is 25.8 Å². The largest absolute Gasteiger partial charge is 0.382 e. The minimum Gasteiger partial charge on any atom is -0.382 e. The quantitative estimate of drug-likeness (QED) is 0.604. The molecule has 1 aliphatic heterocycles. The van der Waals surface area contributed by atoms with E-state index in [1.165, 1.54) is 6.33 Å². The molecular weight excluding hydrogens is 348 g/mol. The monoisotopic (exact) mass is 364 g/mol. The lowest BCUT2D eigenvalue weighted by Crippen LogP contribution is -2.25. The van der Waals surface area contributed by atoms with Crippen molar-refractivity contribution in [2.75, 3.05) is 0 Å². The van der Waals surface area contributed by atoms with Gasteiger partial charge in [0.15, 0.2) is 0 Å². The Labute approximate surface area is 161 Å². The summed E-state index contributed by atoms with van der Waals surface area (Å²) in [5.74, 6) is 0.431. The van der Waals surface area contributed by atoms with Gasteiger partial charge in [0.1, 0.15) is 23.4 Å². The Morgan fingerprint density at radius 1 is 0.750 bits per heavy atom. The molecule has 1 aromatic carbocycles. The molecule has 0 saturated heterocycles. The summed E-state index contributed by atoms with van der Waals surface area (Å²) in [5.41, 5.74) is 11.1. The molecule has 6 nitrogen and oxygen atoms in total. The van der Waals surface area contributed by atoms with Gasteiger partial charge in [-0.15, -0.1) is 0 Å². The highest BCUT2D eigenvalue weighted by Crippen LogP contribution is 2.45. The van der Waals surface area contributed by atoms with E-state index in [0.29, 0.717) is 11.5 Å². The number of hydrogen-bond acceptors (Lipinski definition) is 6. The van der Waals surface area contributed by atoms with Crippen molar-refractivity contribution in [3.05, 3.63) is 108 Å². The second kappa shape index (κ2) is 6.35. The van der Waals surface area contributed by atoms with E-state index in [4.69, 9.17) is 10.7 Å². The topological polar surface area (TPSA) is 89.9 Å². The minimum atomic E-state index is -0.776. The van der Waals surface area contributed by atoms with Gasteiger partial charge in [-0.3, -0.25) is 9.97 Å². The van der Waals surface area contributed by atoms with Crippen LogP contribution in [0.1, 0.15) is 22.4 Å². The highest BCUT2D eigenvalue weighted by molar-refractivity contribution is 6.01. The SMILES string of the molecule is NC1=NC(c2ccncc2)(c2cccc(-c3cncnc3)c2)c2cccnc21. The summed E-state index contributed by atoms with van der Waals surface area (Å²) < 4.78 is 0. The Bertz CT molecular complexity index is 1170. The van der Waals surface area contributed by atoms with Gasteiger partial charge in [-0.05, 0) is 41.0 Å². The molecule has 1 aliphatic rings. The fraction of sp³-hybridized carbons (Fsp3) is 0.0455. The number of rotatable bonds is 3. The average Bonchev–Trinajstić information content (AvgIpc) is 3.09. The van der Waals surface area contributed by atoms with Gasteiger partial charge in [-0.25, -0.2) is 15.0 Å². The Morgan fingerprint density at radius 3 is 2.39 bits per heavy atom. The van der Waals surface area contributed by atoms with E-state index in [1.807, 2.05) is 36.4 Å². The van der Waals surface area contributed by atoms with Gasteiger partial charge < -0.3 is 5.73 Å². The minimum absolute atomic E-state index is 0.431. The van der Waals surface area contributed by atoms with Crippen LogP contribution < -0.4 is 5.73 Å². The fourth-order valence-electron chi connectivity index (χ4n) is 3.77. The maximum absolute atomic E-state index is 6.30. The lowest BCUT2D eigenvalue weighted by atomic mass is 9.78. The van der Waals surface area contributed by atoms with Crippen molar-refractivity contribution in [2.45, 2.75) is 5.54 Å². The second-order valence-corrected chi connectivity index (χ2v) is 6.55. The number of benzene rings is 1. The van der Waals surface area contributed by atoms with Gasteiger partial charge in [0.05, 0.1) is 0 Å². The van der Waals surface area contributed by atoms with Crippen LogP contribution in [0.2, 0.25) is 0 Å². The molecule has 4 aromatic rings. The number of aliphatic imine (C=N–C) groups is 1. The number of hydrogen-bond donors (Lipinski definition) is 1. The highest BCUT2D eigenvalue weighted by atomic mass is 15.0. The van der Waals surface area contributed by atoms with E-state index >= 15 is 0 Å². The first-order valence-electron chi connectivity index (χ1n) is 8.86. The summed E-state index contributed by atoms with van der Waals surface area (Å²) in [5, 5.41) is 0. The van der Waals surface area contributed by atoms with Crippen molar-refractivity contribution in [3.8, 4) is 11.1 Å². The molecule has 0 aliphatic carbocycles. The Balaban J connectivity index is 1.79. The van der Waals surface area contributed by atoms with Crippen LogP contribution in [0, 0.1) is 0 Å². The molecule has 3 aromatic heterocycles. The molecule has 1 unspecified atom stereocenters. The number of aromatic nitrogens is 4. The van der Waals surface area contributed by atoms with Gasteiger partial charge in [-0.1, -0.05) is 24.3 Å². The summed E-state index contributed by atoms with van der Waals surface area (Å²) in [6, 6.07) is 16.1. The zero-order chi connectivity index (χ0) is 19.0. The molecule has 0 bridgehead atoms. The van der Waals surface area contributed by atoms with Crippen molar-refractivity contribution in [2.24, 2.45) is 10.7 Å². The molecule has 0 fully saturated rings. The number of amidine groups is 1. The van der Waals surface area contributed by atoms with Crippen LogP contribution in [0.4, 0.5) is 0 Å². The van der Waals surface area contributed by atoms with Gasteiger partial charge in [0, 0.05) is 42.1 Å². The Kier molecular flexibility index (Phi) is 3.69. The predicted molar refractivity (Wildman–Crippen MR) is 107 cm³/mol. The van der Waals surface area contributed by atoms with E-state index in [1.54, 1.807) is 31.0 Å². The Morgan fingerprint density at radius 2 is 1.57 bits per heavy atom. The summed E-state index contributed by atoms with van der Waals surface area (Å²) in [4.78, 5) is 21.9. The van der Waals surface area contributed by atoms with Gasteiger partial charge in [0.2, 0.25) is 0 Å². The summed E-state index contributed by atoms with van der Waals surface area (Å²) in [6.45, 7) is 0. The molecule has 0 saturated carbocycles. The van der Waals surface area contributed by atoms with Gasteiger partial charge >= 0.3 is 0 Å². The maximum atomic E-state index is 6.30. The van der Waals surface area contributed by atoms with Crippen molar-refractivity contribution in [3.63, 3.8) is 0 Å². The molecule has 4 heterocycles. The van der Waals surface area contributed by atoms with Crippen LogP contribution in [-0.2, 0) is 5.54 Å². The van der Waals surface area contributed by atoms with Gasteiger partial charge in [0.25, 0.3) is 0 Å².